The van der Waals surface area contributed by atoms with Crippen LogP contribution in [0.4, 0.5) is 4.39 Å². The highest BCUT2D eigenvalue weighted by molar-refractivity contribution is 9.10. The lowest BCUT2D eigenvalue weighted by Crippen LogP contribution is -2.37. The zero-order valence-electron chi connectivity index (χ0n) is 13.2. The normalized spacial score (nSPS) is 20.0. The molecule has 1 unspecified atom stereocenters. The van der Waals surface area contributed by atoms with Gasteiger partial charge in [-0.2, -0.15) is 0 Å². The number of rotatable bonds is 3. The predicted molar refractivity (Wildman–Crippen MR) is 95.4 cm³/mol. The van der Waals surface area contributed by atoms with E-state index in [9.17, 15) is 14.0 Å². The largest absolute Gasteiger partial charge is 0.466 e. The van der Waals surface area contributed by atoms with Gasteiger partial charge in [-0.1, -0.05) is 22.0 Å². The number of esters is 2. The number of halogens is 3. The molecule has 0 saturated carbocycles. The summed E-state index contributed by atoms with van der Waals surface area (Å²) in [6.07, 6.45) is 0.519. The topological polar surface area (TPSA) is 64.6 Å². The van der Waals surface area contributed by atoms with Crippen molar-refractivity contribution in [2.45, 2.75) is 12.3 Å². The van der Waals surface area contributed by atoms with Crippen LogP contribution in [-0.2, 0) is 19.1 Å². The molecular formula is C17H14Br2FNO4. The van der Waals surface area contributed by atoms with Crippen LogP contribution in [0.1, 0.15) is 17.9 Å². The second-order valence-electron chi connectivity index (χ2n) is 5.53. The Bertz CT molecular complexity index is 819. The van der Waals surface area contributed by atoms with Crippen molar-refractivity contribution in [1.82, 2.24) is 5.32 Å². The summed E-state index contributed by atoms with van der Waals surface area (Å²) >= 11 is 6.53. The number of ether oxygens (including phenoxy) is 2. The molecule has 1 atom stereocenters. The highest BCUT2D eigenvalue weighted by Gasteiger charge is 2.41. The van der Waals surface area contributed by atoms with Gasteiger partial charge in [-0.15, -0.1) is 0 Å². The molecule has 5 nitrogen and oxygen atoms in total. The van der Waals surface area contributed by atoms with Crippen molar-refractivity contribution >= 4 is 43.8 Å². The Hall–Kier alpha value is -1.67. The Kier molecular flexibility index (Phi) is 5.29. The number of dihydropyridines is 1. The van der Waals surface area contributed by atoms with Gasteiger partial charge in [-0.25, -0.2) is 14.0 Å². The van der Waals surface area contributed by atoms with Gasteiger partial charge in [0.05, 0.1) is 35.3 Å². The van der Waals surface area contributed by atoms with Gasteiger partial charge >= 0.3 is 11.9 Å². The molecule has 2 aliphatic heterocycles. The quantitative estimate of drug-likeness (QED) is 0.538. The maximum atomic E-state index is 13.7. The summed E-state index contributed by atoms with van der Waals surface area (Å²) in [6, 6.07) is 4.41. The molecular weight excluding hydrogens is 461 g/mol. The molecule has 0 aliphatic carbocycles. The van der Waals surface area contributed by atoms with E-state index in [0.29, 0.717) is 39.9 Å². The summed E-state index contributed by atoms with van der Waals surface area (Å²) in [5, 5.41) is 3.53. The Morgan fingerprint density at radius 3 is 2.88 bits per heavy atom. The summed E-state index contributed by atoms with van der Waals surface area (Å²) < 4.78 is 24.0. The van der Waals surface area contributed by atoms with Crippen LogP contribution in [0.25, 0.3) is 0 Å². The van der Waals surface area contributed by atoms with E-state index in [-0.39, 0.29) is 11.1 Å². The fourth-order valence-electron chi connectivity index (χ4n) is 3.05. The number of benzene rings is 1. The van der Waals surface area contributed by atoms with Gasteiger partial charge in [0.15, 0.2) is 0 Å². The number of allylic oxidation sites excluding steroid dienone is 1. The van der Waals surface area contributed by atoms with Crippen LogP contribution in [0.2, 0.25) is 0 Å². The summed E-state index contributed by atoms with van der Waals surface area (Å²) in [7, 11) is 1.28. The molecule has 1 N–H and O–H groups in total. The molecule has 8 heteroatoms. The van der Waals surface area contributed by atoms with E-state index >= 15 is 0 Å². The molecule has 132 valence electrons. The van der Waals surface area contributed by atoms with Crippen molar-refractivity contribution in [2.24, 2.45) is 0 Å². The Morgan fingerprint density at radius 2 is 2.24 bits per heavy atom. The van der Waals surface area contributed by atoms with Crippen molar-refractivity contribution in [3.05, 3.63) is 56.6 Å². The van der Waals surface area contributed by atoms with Crippen molar-refractivity contribution in [2.75, 3.05) is 19.0 Å². The van der Waals surface area contributed by atoms with E-state index in [1.54, 1.807) is 12.1 Å². The third-order valence-corrected chi connectivity index (χ3v) is 5.32. The van der Waals surface area contributed by atoms with Crippen molar-refractivity contribution in [3.63, 3.8) is 0 Å². The van der Waals surface area contributed by atoms with Crippen LogP contribution in [0.3, 0.4) is 0 Å². The molecule has 0 fully saturated rings. The summed E-state index contributed by atoms with van der Waals surface area (Å²) in [6.45, 7) is 0.271. The highest BCUT2D eigenvalue weighted by atomic mass is 79.9. The highest BCUT2D eigenvalue weighted by Crippen LogP contribution is 2.42. The minimum atomic E-state index is -0.694. The SMILES string of the molecule is COC(=O)C1=C(CBr)NC2=C(C(=O)OCC2)C1c1ccc(F)c(Br)c1. The molecule has 0 bridgehead atoms. The first-order valence-corrected chi connectivity index (χ1v) is 9.38. The van der Waals surface area contributed by atoms with Crippen LogP contribution in [0.15, 0.2) is 45.2 Å². The number of carbonyl (C=O) groups is 2. The first kappa shape index (κ1) is 18.1. The molecule has 25 heavy (non-hydrogen) atoms. The first-order valence-electron chi connectivity index (χ1n) is 7.47. The zero-order chi connectivity index (χ0) is 18.1. The number of carbonyl (C=O) groups excluding carboxylic acids is 2. The lowest BCUT2D eigenvalue weighted by atomic mass is 9.79. The summed E-state index contributed by atoms with van der Waals surface area (Å²) in [5.41, 5.74) is 2.58. The Labute approximate surface area is 160 Å². The molecule has 2 heterocycles. The number of cyclic esters (lactones) is 1. The number of nitrogens with one attached hydrogen (secondary N) is 1. The minimum Gasteiger partial charge on any atom is -0.466 e. The molecule has 2 aliphatic rings. The molecule has 0 spiro atoms. The average Bonchev–Trinajstić information content (AvgIpc) is 2.62. The molecule has 1 aromatic carbocycles. The predicted octanol–water partition coefficient (Wildman–Crippen LogP) is 3.30. The first-order chi connectivity index (χ1) is 12.0. The summed E-state index contributed by atoms with van der Waals surface area (Å²) in [4.78, 5) is 24.9. The van der Waals surface area contributed by atoms with Crippen LogP contribution < -0.4 is 5.32 Å². The second-order valence-corrected chi connectivity index (χ2v) is 6.94. The van der Waals surface area contributed by atoms with Crippen molar-refractivity contribution in [3.8, 4) is 0 Å². The van der Waals surface area contributed by atoms with Gasteiger partial charge in [-0.3, -0.25) is 0 Å². The van der Waals surface area contributed by atoms with Crippen LogP contribution >= 0.6 is 31.9 Å². The lowest BCUT2D eigenvalue weighted by Gasteiger charge is -2.34. The fraction of sp³-hybridized carbons (Fsp3) is 0.294. The summed E-state index contributed by atoms with van der Waals surface area (Å²) in [5.74, 6) is -2.17. The molecule has 3 rings (SSSR count). The molecule has 0 amide bonds. The van der Waals surface area contributed by atoms with E-state index in [0.717, 1.165) is 0 Å². The van der Waals surface area contributed by atoms with E-state index in [1.165, 1.54) is 13.2 Å². The van der Waals surface area contributed by atoms with Crippen molar-refractivity contribution in [1.29, 1.82) is 0 Å². The van der Waals surface area contributed by atoms with E-state index in [1.807, 2.05) is 0 Å². The van der Waals surface area contributed by atoms with Gasteiger partial charge < -0.3 is 14.8 Å². The lowest BCUT2D eigenvalue weighted by molar-refractivity contribution is -0.140. The van der Waals surface area contributed by atoms with E-state index < -0.39 is 23.7 Å². The fourth-order valence-corrected chi connectivity index (χ4v) is 3.89. The zero-order valence-corrected chi connectivity index (χ0v) is 16.4. The number of hydrogen-bond acceptors (Lipinski definition) is 5. The standard InChI is InChI=1S/C17H14Br2FNO4/c1-24-16(22)15-12(7-18)21-11-4-5-25-17(23)14(11)13(15)8-2-3-10(20)9(19)6-8/h2-3,6,13,21H,4-5,7H2,1H3. The number of methoxy groups -OCH3 is 1. The van der Waals surface area contributed by atoms with Crippen LogP contribution in [0.5, 0.6) is 0 Å². The molecule has 0 saturated heterocycles. The molecule has 0 aromatic heterocycles. The maximum Gasteiger partial charge on any atom is 0.336 e. The Morgan fingerprint density at radius 1 is 1.48 bits per heavy atom. The van der Waals surface area contributed by atoms with Gasteiger partial charge in [0, 0.05) is 23.1 Å². The smallest absolute Gasteiger partial charge is 0.336 e. The minimum absolute atomic E-state index is 0.250. The van der Waals surface area contributed by atoms with E-state index in [2.05, 4.69) is 37.2 Å². The second kappa shape index (κ2) is 7.29. The van der Waals surface area contributed by atoms with E-state index in [4.69, 9.17) is 9.47 Å². The third-order valence-electron chi connectivity index (χ3n) is 4.15. The molecule has 0 radical (unpaired) electrons. The van der Waals surface area contributed by atoms with Gasteiger partial charge in [-0.05, 0) is 33.6 Å². The van der Waals surface area contributed by atoms with Crippen LogP contribution in [0, 0.1) is 5.82 Å². The van der Waals surface area contributed by atoms with Crippen molar-refractivity contribution < 1.29 is 23.5 Å². The average molecular weight is 475 g/mol. The monoisotopic (exact) mass is 473 g/mol. The van der Waals surface area contributed by atoms with Crippen LogP contribution in [-0.4, -0.2) is 31.0 Å². The molecule has 1 aromatic rings. The maximum absolute atomic E-state index is 13.7. The van der Waals surface area contributed by atoms with Gasteiger partial charge in [0.2, 0.25) is 0 Å². The number of alkyl halides is 1. The Balaban J connectivity index is 2.24. The van der Waals surface area contributed by atoms with Gasteiger partial charge in [0.25, 0.3) is 0 Å². The van der Waals surface area contributed by atoms with Gasteiger partial charge in [0.1, 0.15) is 5.82 Å². The number of hydrogen-bond donors (Lipinski definition) is 1. The third kappa shape index (κ3) is 3.25.